The lowest BCUT2D eigenvalue weighted by Crippen LogP contribution is -2.13. The van der Waals surface area contributed by atoms with Crippen LogP contribution in [-0.4, -0.2) is 10.9 Å². The highest BCUT2D eigenvalue weighted by molar-refractivity contribution is 7.09. The van der Waals surface area contributed by atoms with Gasteiger partial charge in [-0.05, 0) is 31.2 Å². The van der Waals surface area contributed by atoms with Crippen LogP contribution in [0.2, 0.25) is 0 Å². The van der Waals surface area contributed by atoms with Gasteiger partial charge in [-0.15, -0.1) is 11.3 Å². The lowest BCUT2D eigenvalue weighted by Gasteiger charge is -2.07. The van der Waals surface area contributed by atoms with Crippen molar-refractivity contribution in [1.29, 1.82) is 0 Å². The molecule has 3 aromatic rings. The summed E-state index contributed by atoms with van der Waals surface area (Å²) in [5.41, 5.74) is 2.12. The molecule has 2 aromatic carbocycles. The normalized spacial score (nSPS) is 10.6. The predicted molar refractivity (Wildman–Crippen MR) is 86.6 cm³/mol. The summed E-state index contributed by atoms with van der Waals surface area (Å²) in [6.45, 7) is 1.93. The zero-order valence-corrected chi connectivity index (χ0v) is 13.0. The van der Waals surface area contributed by atoms with E-state index in [9.17, 15) is 13.6 Å². The second-order valence-corrected chi connectivity index (χ2v) is 5.97. The monoisotopic (exact) mass is 330 g/mol. The number of anilines is 1. The van der Waals surface area contributed by atoms with Gasteiger partial charge in [0, 0.05) is 22.7 Å². The molecule has 0 spiro atoms. The van der Waals surface area contributed by atoms with Crippen molar-refractivity contribution in [3.8, 4) is 11.3 Å². The molecule has 0 fully saturated rings. The van der Waals surface area contributed by atoms with Crippen molar-refractivity contribution >= 4 is 22.9 Å². The summed E-state index contributed by atoms with van der Waals surface area (Å²) < 4.78 is 26.5. The Morgan fingerprint density at radius 3 is 2.48 bits per heavy atom. The molecule has 0 bridgehead atoms. The van der Waals surface area contributed by atoms with Crippen LogP contribution in [0.4, 0.5) is 14.5 Å². The summed E-state index contributed by atoms with van der Waals surface area (Å²) in [5.74, 6) is -2.24. The van der Waals surface area contributed by atoms with Gasteiger partial charge in [0.1, 0.15) is 11.6 Å². The molecule has 1 heterocycles. The van der Waals surface area contributed by atoms with E-state index in [0.29, 0.717) is 11.8 Å². The van der Waals surface area contributed by atoms with E-state index in [1.807, 2.05) is 24.4 Å². The van der Waals surface area contributed by atoms with Gasteiger partial charge >= 0.3 is 0 Å². The van der Waals surface area contributed by atoms with E-state index in [2.05, 4.69) is 10.3 Å². The number of carbonyl (C=O) groups excluding carboxylic acids is 1. The Balaban J connectivity index is 1.76. The van der Waals surface area contributed by atoms with E-state index >= 15 is 0 Å². The maximum atomic E-state index is 13.6. The molecule has 1 aromatic heterocycles. The van der Waals surface area contributed by atoms with Crippen molar-refractivity contribution in [2.24, 2.45) is 0 Å². The van der Waals surface area contributed by atoms with Crippen LogP contribution in [0.25, 0.3) is 11.3 Å². The maximum absolute atomic E-state index is 13.6. The summed E-state index contributed by atoms with van der Waals surface area (Å²) in [6, 6.07) is 9.92. The number of hydrogen-bond acceptors (Lipinski definition) is 3. The highest BCUT2D eigenvalue weighted by Gasteiger charge is 2.12. The van der Waals surface area contributed by atoms with Crippen molar-refractivity contribution in [2.75, 3.05) is 5.32 Å². The molecule has 0 unspecified atom stereocenters. The molecule has 0 saturated carbocycles. The Hall–Kier alpha value is -2.60. The number of aryl methyl sites for hydroxylation is 1. The van der Waals surface area contributed by atoms with Crippen molar-refractivity contribution < 1.29 is 13.6 Å². The first-order chi connectivity index (χ1) is 11.0. The zero-order chi connectivity index (χ0) is 16.4. The molecule has 1 N–H and O–H groups in total. The fourth-order valence-corrected chi connectivity index (χ4v) is 2.71. The number of carbonyl (C=O) groups is 1. The molecule has 6 heteroatoms. The van der Waals surface area contributed by atoms with Crippen LogP contribution < -0.4 is 5.32 Å². The third kappa shape index (κ3) is 3.43. The Labute approximate surface area is 135 Å². The number of amides is 1. The number of nitrogens with one attached hydrogen (secondary N) is 1. The number of halogens is 2. The first-order valence-corrected chi connectivity index (χ1v) is 7.70. The molecule has 0 saturated heterocycles. The topological polar surface area (TPSA) is 42.0 Å². The Kier molecular flexibility index (Phi) is 4.16. The van der Waals surface area contributed by atoms with Crippen molar-refractivity contribution in [1.82, 2.24) is 4.98 Å². The molecule has 1 amide bonds. The standard InChI is InChI=1S/C17H12F2N2OS/c1-10-20-16(9-23-10)11-2-5-13(6-3-11)21-17(22)14-7-4-12(18)8-15(14)19/h2-9H,1H3,(H,21,22). The minimum Gasteiger partial charge on any atom is -0.322 e. The molecular formula is C17H12F2N2OS. The van der Waals surface area contributed by atoms with E-state index in [-0.39, 0.29) is 5.56 Å². The molecule has 0 aliphatic carbocycles. The van der Waals surface area contributed by atoms with Gasteiger partial charge in [-0.25, -0.2) is 13.8 Å². The number of nitrogens with zero attached hydrogens (tertiary/aromatic N) is 1. The van der Waals surface area contributed by atoms with Gasteiger partial charge in [0.15, 0.2) is 0 Å². The average molecular weight is 330 g/mol. The van der Waals surface area contributed by atoms with Crippen LogP contribution >= 0.6 is 11.3 Å². The minimum atomic E-state index is -0.892. The summed E-state index contributed by atoms with van der Waals surface area (Å²) >= 11 is 1.56. The largest absolute Gasteiger partial charge is 0.322 e. The average Bonchev–Trinajstić information content (AvgIpc) is 2.94. The molecule has 3 rings (SSSR count). The third-order valence-electron chi connectivity index (χ3n) is 3.23. The maximum Gasteiger partial charge on any atom is 0.258 e. The number of aromatic nitrogens is 1. The van der Waals surface area contributed by atoms with Crippen LogP contribution in [0.3, 0.4) is 0 Å². The Morgan fingerprint density at radius 1 is 1.13 bits per heavy atom. The molecule has 0 aliphatic rings. The fraction of sp³-hybridized carbons (Fsp3) is 0.0588. The van der Waals surface area contributed by atoms with Crippen LogP contribution in [0.15, 0.2) is 47.8 Å². The SMILES string of the molecule is Cc1nc(-c2ccc(NC(=O)c3ccc(F)cc3F)cc2)cs1. The molecule has 23 heavy (non-hydrogen) atoms. The van der Waals surface area contributed by atoms with Gasteiger partial charge in [0.05, 0.1) is 16.3 Å². The van der Waals surface area contributed by atoms with Crippen molar-refractivity contribution in [3.05, 3.63) is 70.1 Å². The first-order valence-electron chi connectivity index (χ1n) is 6.82. The molecule has 0 atom stereocenters. The van der Waals surface area contributed by atoms with Crippen LogP contribution in [0.1, 0.15) is 15.4 Å². The van der Waals surface area contributed by atoms with Gasteiger partial charge in [-0.3, -0.25) is 4.79 Å². The summed E-state index contributed by atoms with van der Waals surface area (Å²) in [6.07, 6.45) is 0. The van der Waals surface area contributed by atoms with Crippen LogP contribution in [0, 0.1) is 18.6 Å². The molecule has 0 aliphatic heterocycles. The van der Waals surface area contributed by atoms with Gasteiger partial charge in [-0.1, -0.05) is 12.1 Å². The van der Waals surface area contributed by atoms with Gasteiger partial charge in [0.2, 0.25) is 0 Å². The van der Waals surface area contributed by atoms with Crippen LogP contribution in [-0.2, 0) is 0 Å². The first kappa shape index (κ1) is 15.3. The second-order valence-electron chi connectivity index (χ2n) is 4.91. The third-order valence-corrected chi connectivity index (χ3v) is 4.01. The highest BCUT2D eigenvalue weighted by atomic mass is 32.1. The lowest BCUT2D eigenvalue weighted by molar-refractivity contribution is 0.102. The van der Waals surface area contributed by atoms with Crippen molar-refractivity contribution in [3.63, 3.8) is 0 Å². The highest BCUT2D eigenvalue weighted by Crippen LogP contribution is 2.23. The lowest BCUT2D eigenvalue weighted by atomic mass is 10.1. The Bertz CT molecular complexity index is 859. The number of thiazole rings is 1. The van der Waals surface area contributed by atoms with E-state index in [0.717, 1.165) is 28.4 Å². The smallest absolute Gasteiger partial charge is 0.258 e. The zero-order valence-electron chi connectivity index (χ0n) is 12.1. The molecular weight excluding hydrogens is 318 g/mol. The van der Waals surface area contributed by atoms with Gasteiger partial charge < -0.3 is 5.32 Å². The molecule has 0 radical (unpaired) electrons. The number of hydrogen-bond donors (Lipinski definition) is 1. The predicted octanol–water partition coefficient (Wildman–Crippen LogP) is 4.65. The van der Waals surface area contributed by atoms with Crippen LogP contribution in [0.5, 0.6) is 0 Å². The van der Waals surface area contributed by atoms with Gasteiger partial charge in [-0.2, -0.15) is 0 Å². The minimum absolute atomic E-state index is 0.203. The summed E-state index contributed by atoms with van der Waals surface area (Å²) in [5, 5.41) is 5.51. The molecule has 3 nitrogen and oxygen atoms in total. The summed E-state index contributed by atoms with van der Waals surface area (Å²) in [4.78, 5) is 16.4. The summed E-state index contributed by atoms with van der Waals surface area (Å²) in [7, 11) is 0. The Morgan fingerprint density at radius 2 is 1.87 bits per heavy atom. The van der Waals surface area contributed by atoms with Gasteiger partial charge in [0.25, 0.3) is 5.91 Å². The van der Waals surface area contributed by atoms with E-state index in [4.69, 9.17) is 0 Å². The second kappa shape index (κ2) is 6.26. The fourth-order valence-electron chi connectivity index (χ4n) is 2.09. The quantitative estimate of drug-likeness (QED) is 0.759. The van der Waals surface area contributed by atoms with E-state index in [1.165, 1.54) is 0 Å². The number of rotatable bonds is 3. The molecule has 116 valence electrons. The van der Waals surface area contributed by atoms with E-state index in [1.54, 1.807) is 23.5 Å². The van der Waals surface area contributed by atoms with E-state index < -0.39 is 17.5 Å². The van der Waals surface area contributed by atoms with Crippen molar-refractivity contribution in [2.45, 2.75) is 6.92 Å². The number of benzene rings is 2.